The predicted molar refractivity (Wildman–Crippen MR) is 121 cm³/mol. The highest BCUT2D eigenvalue weighted by molar-refractivity contribution is 5.69. The minimum Gasteiger partial charge on any atom is -0.444 e. The smallest absolute Gasteiger partial charge is 0.410 e. The van der Waals surface area contributed by atoms with Crippen LogP contribution < -0.4 is 10.9 Å². The molecule has 0 radical (unpaired) electrons. The number of benzene rings is 1. The summed E-state index contributed by atoms with van der Waals surface area (Å²) < 4.78 is 5.54. The maximum Gasteiger partial charge on any atom is 0.410 e. The number of piperidine rings is 1. The van der Waals surface area contributed by atoms with Crippen LogP contribution in [-0.2, 0) is 4.74 Å². The average molecular weight is 420 g/mol. The van der Waals surface area contributed by atoms with Crippen LogP contribution >= 0.6 is 0 Å². The van der Waals surface area contributed by atoms with Crippen molar-refractivity contribution in [1.82, 2.24) is 14.9 Å². The first-order chi connectivity index (χ1) is 14.8. The van der Waals surface area contributed by atoms with E-state index in [1.165, 1.54) is 0 Å². The van der Waals surface area contributed by atoms with E-state index in [1.54, 1.807) is 23.1 Å². The fraction of sp³-hybridized carbons (Fsp3) is 0.375. The van der Waals surface area contributed by atoms with Crippen molar-refractivity contribution in [3.8, 4) is 0 Å². The summed E-state index contributed by atoms with van der Waals surface area (Å²) in [6.45, 7) is 6.97. The van der Waals surface area contributed by atoms with Gasteiger partial charge in [-0.15, -0.1) is 4.98 Å². The van der Waals surface area contributed by atoms with Gasteiger partial charge < -0.3 is 15.0 Å². The molecule has 0 bridgehead atoms. The van der Waals surface area contributed by atoms with Crippen molar-refractivity contribution in [2.24, 2.45) is 0 Å². The van der Waals surface area contributed by atoms with E-state index in [9.17, 15) is 9.59 Å². The Balaban J connectivity index is 1.49. The summed E-state index contributed by atoms with van der Waals surface area (Å²) in [6, 6.07) is 8.01. The molecule has 1 aromatic carbocycles. The van der Waals surface area contributed by atoms with Gasteiger partial charge in [0.2, 0.25) is 5.95 Å². The number of amides is 1. The standard InChI is InChI=1S/C24H26N4O3/c1-24(2,3)31-23(30)28-13-7-9-17(15-28)16-8-6-10-18(14-16)25-22-26-20-12-5-4-11-19(20)21(29)27-22/h4,6,8,10-12,14,17H,7,9,13,15H2,1-3H3,(H-,25,26,27,29)/p+1. The number of anilines is 2. The van der Waals surface area contributed by atoms with Crippen molar-refractivity contribution in [3.63, 3.8) is 0 Å². The Labute approximate surface area is 181 Å². The van der Waals surface area contributed by atoms with Crippen molar-refractivity contribution < 1.29 is 9.53 Å². The molecule has 0 saturated carbocycles. The molecule has 1 aliphatic heterocycles. The van der Waals surface area contributed by atoms with Crippen LogP contribution in [-0.4, -0.2) is 39.7 Å². The van der Waals surface area contributed by atoms with Crippen LogP contribution in [0.1, 0.15) is 56.4 Å². The number of hydrogen-bond acceptors (Lipinski definition) is 5. The van der Waals surface area contributed by atoms with Gasteiger partial charge in [-0.3, -0.25) is 9.78 Å². The van der Waals surface area contributed by atoms with Gasteiger partial charge in [0.05, 0.1) is 6.08 Å². The molecule has 4 rings (SSSR count). The van der Waals surface area contributed by atoms with Gasteiger partial charge in [-0.25, -0.2) is 4.79 Å². The molecule has 0 spiro atoms. The summed E-state index contributed by atoms with van der Waals surface area (Å²) in [6.07, 6.45) is 9.70. The van der Waals surface area contributed by atoms with Crippen LogP contribution in [0.5, 0.6) is 0 Å². The van der Waals surface area contributed by atoms with E-state index in [0.29, 0.717) is 30.3 Å². The lowest BCUT2D eigenvalue weighted by molar-refractivity contribution is 0.0198. The number of rotatable bonds is 3. The van der Waals surface area contributed by atoms with Gasteiger partial charge >= 0.3 is 6.09 Å². The second kappa shape index (κ2) is 8.36. The Morgan fingerprint density at radius 1 is 1.35 bits per heavy atom. The SMILES string of the molecule is CC(C)(C)OC(=O)N1CCCC(c2cccc(Nc3nc4c(c(=O)[nH]3)C=C[C+]=C4)c2)C1. The number of H-pyrrole nitrogens is 1. The van der Waals surface area contributed by atoms with Crippen LogP contribution in [0.2, 0.25) is 0 Å². The largest absolute Gasteiger partial charge is 0.444 e. The first kappa shape index (κ1) is 20.8. The summed E-state index contributed by atoms with van der Waals surface area (Å²) in [4.78, 5) is 33.8. The van der Waals surface area contributed by atoms with Crippen LogP contribution in [0.15, 0.2) is 35.1 Å². The predicted octanol–water partition coefficient (Wildman–Crippen LogP) is 4.47. The number of likely N-dealkylation sites (tertiary alicyclic amines) is 1. The number of hydrogen-bond donors (Lipinski definition) is 2. The summed E-state index contributed by atoms with van der Waals surface area (Å²) in [5.41, 5.74) is 2.38. The summed E-state index contributed by atoms with van der Waals surface area (Å²) >= 11 is 0. The molecule has 1 aromatic heterocycles. The topological polar surface area (TPSA) is 87.3 Å². The number of carbonyl (C=O) groups excluding carboxylic acids is 1. The van der Waals surface area contributed by atoms with E-state index in [0.717, 1.165) is 24.1 Å². The van der Waals surface area contributed by atoms with Crippen LogP contribution in [0.25, 0.3) is 12.2 Å². The number of nitrogens with zero attached hydrogens (tertiary/aromatic N) is 2. The monoisotopic (exact) mass is 419 g/mol. The Morgan fingerprint density at radius 2 is 2.19 bits per heavy atom. The number of aromatic nitrogens is 2. The van der Waals surface area contributed by atoms with E-state index in [1.807, 2.05) is 39.0 Å². The van der Waals surface area contributed by atoms with E-state index in [2.05, 4.69) is 27.4 Å². The lowest BCUT2D eigenvalue weighted by atomic mass is 9.90. The van der Waals surface area contributed by atoms with Crippen LogP contribution in [0, 0.1) is 6.08 Å². The maximum absolute atomic E-state index is 12.5. The Hall–Kier alpha value is -3.44. The highest BCUT2D eigenvalue weighted by atomic mass is 16.6. The zero-order valence-corrected chi connectivity index (χ0v) is 18.1. The second-order valence-corrected chi connectivity index (χ2v) is 8.87. The van der Waals surface area contributed by atoms with Crippen molar-refractivity contribution in [1.29, 1.82) is 0 Å². The average Bonchev–Trinajstić information content (AvgIpc) is 2.73. The van der Waals surface area contributed by atoms with Gasteiger partial charge in [-0.05, 0) is 51.3 Å². The van der Waals surface area contributed by atoms with Crippen molar-refractivity contribution in [3.05, 3.63) is 63.6 Å². The number of ether oxygens (including phenoxy) is 1. The first-order valence-corrected chi connectivity index (χ1v) is 10.5. The number of aromatic amines is 1. The van der Waals surface area contributed by atoms with E-state index >= 15 is 0 Å². The third kappa shape index (κ3) is 5.01. The molecule has 160 valence electrons. The van der Waals surface area contributed by atoms with Gasteiger partial charge in [0.1, 0.15) is 17.8 Å². The van der Waals surface area contributed by atoms with Gasteiger partial charge in [-0.2, -0.15) is 0 Å². The van der Waals surface area contributed by atoms with Gasteiger partial charge in [0.25, 0.3) is 5.56 Å². The molecule has 2 N–H and O–H groups in total. The fourth-order valence-corrected chi connectivity index (χ4v) is 3.84. The highest BCUT2D eigenvalue weighted by Crippen LogP contribution is 2.30. The summed E-state index contributed by atoms with van der Waals surface area (Å²) in [7, 11) is 0. The molecular formula is C24H27N4O3+. The normalized spacial score (nSPS) is 17.6. The lowest BCUT2D eigenvalue weighted by Gasteiger charge is -2.34. The molecule has 2 heterocycles. The molecule has 2 aliphatic rings. The molecule has 1 unspecified atom stereocenters. The summed E-state index contributed by atoms with van der Waals surface area (Å²) in [5, 5.41) is 3.20. The molecule has 7 heteroatoms. The molecule has 1 fully saturated rings. The maximum atomic E-state index is 12.5. The Bertz CT molecular complexity index is 1090. The van der Waals surface area contributed by atoms with Crippen molar-refractivity contribution in [2.45, 2.75) is 45.1 Å². The van der Waals surface area contributed by atoms with Gasteiger partial charge in [0, 0.05) is 30.8 Å². The Morgan fingerprint density at radius 3 is 3.00 bits per heavy atom. The third-order valence-corrected chi connectivity index (χ3v) is 5.24. The van der Waals surface area contributed by atoms with Crippen LogP contribution in [0.3, 0.4) is 0 Å². The quantitative estimate of drug-likeness (QED) is 0.717. The molecule has 1 saturated heterocycles. The summed E-state index contributed by atoms with van der Waals surface area (Å²) in [5.74, 6) is 0.606. The zero-order valence-electron chi connectivity index (χ0n) is 18.1. The lowest BCUT2D eigenvalue weighted by Crippen LogP contribution is -2.42. The van der Waals surface area contributed by atoms with Gasteiger partial charge in [-0.1, -0.05) is 12.1 Å². The van der Waals surface area contributed by atoms with Crippen LogP contribution in [0.4, 0.5) is 16.4 Å². The van der Waals surface area contributed by atoms with Gasteiger partial charge in [0.15, 0.2) is 11.3 Å². The third-order valence-electron chi connectivity index (χ3n) is 5.24. The fourth-order valence-electron chi connectivity index (χ4n) is 3.84. The van der Waals surface area contributed by atoms with E-state index in [4.69, 9.17) is 4.74 Å². The minimum atomic E-state index is -0.505. The number of allylic oxidation sites excluding steroid dienone is 2. The first-order valence-electron chi connectivity index (χ1n) is 10.5. The number of nitrogens with one attached hydrogen (secondary N) is 2. The highest BCUT2D eigenvalue weighted by Gasteiger charge is 2.28. The zero-order chi connectivity index (χ0) is 22.0. The van der Waals surface area contributed by atoms with Crippen molar-refractivity contribution >= 4 is 29.9 Å². The van der Waals surface area contributed by atoms with Crippen molar-refractivity contribution in [2.75, 3.05) is 18.4 Å². The molecule has 1 amide bonds. The molecule has 31 heavy (non-hydrogen) atoms. The molecular weight excluding hydrogens is 392 g/mol. The second-order valence-electron chi connectivity index (χ2n) is 8.87. The van der Waals surface area contributed by atoms with E-state index in [-0.39, 0.29) is 17.6 Å². The van der Waals surface area contributed by atoms with E-state index < -0.39 is 5.60 Å². The molecule has 1 aliphatic carbocycles. The molecule has 1 atom stereocenters. The molecule has 7 nitrogen and oxygen atoms in total. The Kier molecular flexibility index (Phi) is 5.61. The minimum absolute atomic E-state index is 0.196. The molecule has 2 aromatic rings. The number of carbonyl (C=O) groups is 1. The number of fused-ring (bicyclic) bond motifs is 1.